The average Bonchev–Trinajstić information content (AvgIpc) is 2.29. The van der Waals surface area contributed by atoms with Crippen molar-refractivity contribution in [2.24, 2.45) is 11.7 Å². The second kappa shape index (κ2) is 7.95. The average molecular weight is 273 g/mol. The number of para-hydroxylation sites is 2. The van der Waals surface area contributed by atoms with Crippen LogP contribution >= 0.6 is 12.4 Å². The maximum absolute atomic E-state index is 11.7. The first-order chi connectivity index (χ1) is 8.04. The monoisotopic (exact) mass is 272 g/mol. The lowest BCUT2D eigenvalue weighted by Crippen LogP contribution is -2.27. The van der Waals surface area contributed by atoms with Gasteiger partial charge in [0.2, 0.25) is 5.91 Å². The fraction of sp³-hybridized carbons (Fsp3) is 0.462. The predicted octanol–water partition coefficient (Wildman–Crippen LogP) is 2.43. The Balaban J connectivity index is 0.00000289. The number of hydrogen-bond acceptors (Lipinski definition) is 3. The van der Waals surface area contributed by atoms with Gasteiger partial charge in [-0.05, 0) is 26.0 Å². The number of halogens is 1. The minimum absolute atomic E-state index is 0. The van der Waals surface area contributed by atoms with E-state index in [0.29, 0.717) is 18.0 Å². The predicted molar refractivity (Wildman–Crippen MR) is 76.3 cm³/mol. The van der Waals surface area contributed by atoms with Gasteiger partial charge in [0.15, 0.2) is 0 Å². The zero-order valence-electron chi connectivity index (χ0n) is 11.0. The maximum atomic E-state index is 11.7. The zero-order chi connectivity index (χ0) is 12.8. The number of amides is 1. The van der Waals surface area contributed by atoms with Crippen molar-refractivity contribution in [1.29, 1.82) is 0 Å². The number of benzene rings is 1. The van der Waals surface area contributed by atoms with E-state index in [-0.39, 0.29) is 30.3 Å². The molecule has 0 aromatic heterocycles. The highest BCUT2D eigenvalue weighted by molar-refractivity contribution is 5.93. The van der Waals surface area contributed by atoms with E-state index in [1.807, 2.05) is 38.1 Å². The Hall–Kier alpha value is -1.26. The fourth-order valence-electron chi connectivity index (χ4n) is 1.29. The third-order valence-electron chi connectivity index (χ3n) is 2.31. The Morgan fingerprint density at radius 2 is 1.94 bits per heavy atom. The van der Waals surface area contributed by atoms with Crippen LogP contribution in [-0.4, -0.2) is 18.6 Å². The van der Waals surface area contributed by atoms with Gasteiger partial charge < -0.3 is 15.8 Å². The van der Waals surface area contributed by atoms with Crippen molar-refractivity contribution in [2.75, 3.05) is 11.9 Å². The Bertz CT molecular complexity index is 383. The summed E-state index contributed by atoms with van der Waals surface area (Å²) in [6.45, 7) is 6.02. The molecule has 18 heavy (non-hydrogen) atoms. The summed E-state index contributed by atoms with van der Waals surface area (Å²) in [7, 11) is 0. The van der Waals surface area contributed by atoms with E-state index in [0.717, 1.165) is 0 Å². The smallest absolute Gasteiger partial charge is 0.228 e. The molecule has 0 heterocycles. The molecule has 1 rings (SSSR count). The molecule has 1 unspecified atom stereocenters. The number of ether oxygens (including phenoxy) is 1. The number of hydrogen-bond donors (Lipinski definition) is 2. The summed E-state index contributed by atoms with van der Waals surface area (Å²) in [6, 6.07) is 7.39. The molecule has 1 aromatic carbocycles. The van der Waals surface area contributed by atoms with Crippen LogP contribution in [0.25, 0.3) is 0 Å². The summed E-state index contributed by atoms with van der Waals surface area (Å²) < 4.78 is 5.61. The first kappa shape index (κ1) is 16.7. The van der Waals surface area contributed by atoms with Gasteiger partial charge in [-0.3, -0.25) is 4.79 Å². The van der Waals surface area contributed by atoms with E-state index in [2.05, 4.69) is 5.32 Å². The molecule has 3 N–H and O–H groups in total. The van der Waals surface area contributed by atoms with Crippen molar-refractivity contribution in [2.45, 2.75) is 26.9 Å². The van der Waals surface area contributed by atoms with Gasteiger partial charge in [-0.25, -0.2) is 0 Å². The number of carbonyl (C=O) groups is 1. The maximum Gasteiger partial charge on any atom is 0.228 e. The molecule has 0 saturated carbocycles. The molecule has 0 aliphatic carbocycles. The van der Waals surface area contributed by atoms with Crippen molar-refractivity contribution in [3.05, 3.63) is 24.3 Å². The molecular weight excluding hydrogens is 252 g/mol. The van der Waals surface area contributed by atoms with Crippen LogP contribution in [0.5, 0.6) is 5.75 Å². The second-order valence-electron chi connectivity index (χ2n) is 4.29. The third kappa shape index (κ3) is 4.94. The number of carbonyl (C=O) groups excluding carboxylic acids is 1. The molecule has 0 aliphatic heterocycles. The van der Waals surface area contributed by atoms with E-state index in [9.17, 15) is 4.79 Å². The van der Waals surface area contributed by atoms with Gasteiger partial charge in [-0.2, -0.15) is 0 Å². The van der Waals surface area contributed by atoms with Crippen LogP contribution in [0, 0.1) is 5.92 Å². The molecule has 102 valence electrons. The van der Waals surface area contributed by atoms with Gasteiger partial charge in [0, 0.05) is 12.5 Å². The molecule has 0 fully saturated rings. The molecule has 1 aromatic rings. The summed E-state index contributed by atoms with van der Waals surface area (Å²) in [5.41, 5.74) is 6.14. The molecule has 0 saturated heterocycles. The number of nitrogens with two attached hydrogens (primary N) is 1. The molecule has 4 nitrogen and oxygen atoms in total. The Morgan fingerprint density at radius 3 is 2.50 bits per heavy atom. The number of rotatable bonds is 5. The van der Waals surface area contributed by atoms with Crippen molar-refractivity contribution >= 4 is 24.0 Å². The molecule has 0 spiro atoms. The Labute approximate surface area is 114 Å². The molecule has 0 radical (unpaired) electrons. The molecule has 1 amide bonds. The van der Waals surface area contributed by atoms with Crippen LogP contribution in [0.1, 0.15) is 20.8 Å². The highest BCUT2D eigenvalue weighted by Crippen LogP contribution is 2.25. The summed E-state index contributed by atoms with van der Waals surface area (Å²) >= 11 is 0. The second-order valence-corrected chi connectivity index (χ2v) is 4.29. The zero-order valence-corrected chi connectivity index (χ0v) is 11.8. The summed E-state index contributed by atoms with van der Waals surface area (Å²) in [5, 5.41) is 2.82. The quantitative estimate of drug-likeness (QED) is 0.865. The fourth-order valence-corrected chi connectivity index (χ4v) is 1.29. The van der Waals surface area contributed by atoms with E-state index < -0.39 is 0 Å². The van der Waals surface area contributed by atoms with Gasteiger partial charge in [0.05, 0.1) is 11.8 Å². The molecule has 0 bridgehead atoms. The van der Waals surface area contributed by atoms with Crippen LogP contribution in [-0.2, 0) is 4.79 Å². The lowest BCUT2D eigenvalue weighted by molar-refractivity contribution is -0.119. The number of nitrogens with one attached hydrogen (secondary N) is 1. The van der Waals surface area contributed by atoms with Crippen LogP contribution in [0.3, 0.4) is 0 Å². The summed E-state index contributed by atoms with van der Waals surface area (Å²) in [4.78, 5) is 11.7. The summed E-state index contributed by atoms with van der Waals surface area (Å²) in [5.74, 6) is 0.384. The van der Waals surface area contributed by atoms with Crippen LogP contribution < -0.4 is 15.8 Å². The normalized spacial score (nSPS) is 11.6. The Morgan fingerprint density at radius 1 is 1.33 bits per heavy atom. The molecular formula is C13H21ClN2O2. The van der Waals surface area contributed by atoms with Crippen LogP contribution in [0.2, 0.25) is 0 Å². The van der Waals surface area contributed by atoms with E-state index in [4.69, 9.17) is 10.5 Å². The standard InChI is InChI=1S/C13H20N2O2.ClH/c1-9(2)17-12-7-5-4-6-11(12)15-13(16)10(3)8-14;/h4-7,9-10H,8,14H2,1-3H3,(H,15,16);1H. The highest BCUT2D eigenvalue weighted by Gasteiger charge is 2.13. The molecule has 1 atom stereocenters. The van der Waals surface area contributed by atoms with Crippen molar-refractivity contribution in [3.63, 3.8) is 0 Å². The minimum atomic E-state index is -0.206. The Kier molecular flexibility index (Phi) is 7.39. The molecule has 5 heteroatoms. The SMILES string of the molecule is CC(C)Oc1ccccc1NC(=O)C(C)CN.Cl. The van der Waals surface area contributed by atoms with E-state index in [1.165, 1.54) is 0 Å². The van der Waals surface area contributed by atoms with Gasteiger partial charge in [0.1, 0.15) is 5.75 Å². The first-order valence-corrected chi connectivity index (χ1v) is 5.81. The van der Waals surface area contributed by atoms with Crippen LogP contribution in [0.15, 0.2) is 24.3 Å². The van der Waals surface area contributed by atoms with E-state index in [1.54, 1.807) is 6.92 Å². The number of anilines is 1. The summed E-state index contributed by atoms with van der Waals surface area (Å²) in [6.07, 6.45) is 0.0694. The first-order valence-electron chi connectivity index (χ1n) is 5.81. The lowest BCUT2D eigenvalue weighted by Gasteiger charge is -2.16. The van der Waals surface area contributed by atoms with Gasteiger partial charge in [-0.15, -0.1) is 12.4 Å². The third-order valence-corrected chi connectivity index (χ3v) is 2.31. The van der Waals surface area contributed by atoms with Gasteiger partial charge in [0.25, 0.3) is 0 Å². The van der Waals surface area contributed by atoms with Gasteiger partial charge >= 0.3 is 0 Å². The lowest BCUT2D eigenvalue weighted by atomic mass is 10.1. The minimum Gasteiger partial charge on any atom is -0.489 e. The topological polar surface area (TPSA) is 64.3 Å². The van der Waals surface area contributed by atoms with Crippen molar-refractivity contribution in [1.82, 2.24) is 0 Å². The molecule has 0 aliphatic rings. The van der Waals surface area contributed by atoms with Gasteiger partial charge in [-0.1, -0.05) is 19.1 Å². The van der Waals surface area contributed by atoms with Crippen molar-refractivity contribution in [3.8, 4) is 5.75 Å². The largest absolute Gasteiger partial charge is 0.489 e. The highest BCUT2D eigenvalue weighted by atomic mass is 35.5. The van der Waals surface area contributed by atoms with Crippen molar-refractivity contribution < 1.29 is 9.53 Å². The van der Waals surface area contributed by atoms with Crippen LogP contribution in [0.4, 0.5) is 5.69 Å². The van der Waals surface area contributed by atoms with E-state index >= 15 is 0 Å².